The molecule has 2 heteroatoms. The molecule has 1 fully saturated rings. The van der Waals surface area contributed by atoms with Crippen LogP contribution in [-0.2, 0) is 0 Å². The van der Waals surface area contributed by atoms with Gasteiger partial charge in [-0.3, -0.25) is 0 Å². The summed E-state index contributed by atoms with van der Waals surface area (Å²) in [6.45, 7) is 14.1. The molecule has 0 radical (unpaired) electrons. The minimum absolute atomic E-state index is 0.0139. The minimum Gasteiger partial charge on any atom is -0.366 e. The van der Waals surface area contributed by atoms with E-state index in [2.05, 4.69) is 37.2 Å². The maximum Gasteiger partial charge on any atom is 0.0698 e. The molecule has 0 aromatic heterocycles. The normalized spacial score (nSPS) is 36.2. The molecule has 1 heterocycles. The van der Waals surface area contributed by atoms with Gasteiger partial charge in [0.15, 0.2) is 0 Å². The molecular formula is C10H18N2. The first-order valence-electron chi connectivity index (χ1n) is 4.41. The summed E-state index contributed by atoms with van der Waals surface area (Å²) in [5.74, 6) is 0. The molecule has 1 aliphatic rings. The van der Waals surface area contributed by atoms with Crippen LogP contribution in [0.5, 0.6) is 0 Å². The van der Waals surface area contributed by atoms with Crippen molar-refractivity contribution in [3.63, 3.8) is 0 Å². The molecule has 1 rings (SSSR count). The zero-order valence-corrected chi connectivity index (χ0v) is 8.01. The number of hydrogen-bond donors (Lipinski definition) is 1. The van der Waals surface area contributed by atoms with Crippen molar-refractivity contribution < 1.29 is 0 Å². The van der Waals surface area contributed by atoms with Crippen molar-refractivity contribution >= 4 is 0 Å². The molecule has 2 nitrogen and oxygen atoms in total. The van der Waals surface area contributed by atoms with Crippen LogP contribution in [0.3, 0.4) is 0 Å². The number of nitrogens with one attached hydrogen (secondary N) is 1. The summed E-state index contributed by atoms with van der Waals surface area (Å²) >= 11 is 0. The standard InChI is InChI=1S/C10H18N2/c1-5-10(4)9(3)11-7-8-12(10)6-2/h5-6,9,11H,1-2,7-8H2,3-4H3. The van der Waals surface area contributed by atoms with Gasteiger partial charge in [-0.1, -0.05) is 12.7 Å². The number of piperazine rings is 1. The molecule has 0 amide bonds. The van der Waals surface area contributed by atoms with Gasteiger partial charge in [0.05, 0.1) is 5.54 Å². The summed E-state index contributed by atoms with van der Waals surface area (Å²) in [6, 6.07) is 0.432. The van der Waals surface area contributed by atoms with Crippen LogP contribution in [0.4, 0.5) is 0 Å². The molecule has 2 atom stereocenters. The summed E-state index contributed by atoms with van der Waals surface area (Å²) < 4.78 is 0. The average Bonchev–Trinajstić information content (AvgIpc) is 2.10. The van der Waals surface area contributed by atoms with E-state index in [4.69, 9.17) is 0 Å². The lowest BCUT2D eigenvalue weighted by atomic mass is 9.89. The molecule has 68 valence electrons. The summed E-state index contributed by atoms with van der Waals surface area (Å²) in [7, 11) is 0. The Hall–Kier alpha value is -0.760. The highest BCUT2D eigenvalue weighted by Crippen LogP contribution is 2.23. The van der Waals surface area contributed by atoms with Crippen molar-refractivity contribution in [2.45, 2.75) is 25.4 Å². The third kappa shape index (κ3) is 1.27. The first-order chi connectivity index (χ1) is 5.65. The fourth-order valence-corrected chi connectivity index (χ4v) is 1.68. The molecule has 2 unspecified atom stereocenters. The van der Waals surface area contributed by atoms with Gasteiger partial charge in [0.1, 0.15) is 0 Å². The van der Waals surface area contributed by atoms with Gasteiger partial charge in [-0.2, -0.15) is 0 Å². The molecule has 0 saturated carbocycles. The van der Waals surface area contributed by atoms with Crippen LogP contribution in [0, 0.1) is 0 Å². The van der Waals surface area contributed by atoms with E-state index >= 15 is 0 Å². The Kier molecular flexibility index (Phi) is 2.58. The van der Waals surface area contributed by atoms with Crippen LogP contribution < -0.4 is 5.32 Å². The fraction of sp³-hybridized carbons (Fsp3) is 0.600. The molecule has 0 aromatic carbocycles. The van der Waals surface area contributed by atoms with Crippen LogP contribution in [0.2, 0.25) is 0 Å². The van der Waals surface area contributed by atoms with Crippen molar-refractivity contribution in [3.8, 4) is 0 Å². The predicted molar refractivity (Wildman–Crippen MR) is 53.0 cm³/mol. The molecule has 0 spiro atoms. The molecule has 1 aliphatic heterocycles. The van der Waals surface area contributed by atoms with Gasteiger partial charge >= 0.3 is 0 Å². The average molecular weight is 166 g/mol. The van der Waals surface area contributed by atoms with Crippen molar-refractivity contribution in [1.29, 1.82) is 0 Å². The lowest BCUT2D eigenvalue weighted by molar-refractivity contribution is 0.131. The predicted octanol–water partition coefficient (Wildman–Crippen LogP) is 1.37. The van der Waals surface area contributed by atoms with E-state index in [1.807, 2.05) is 12.3 Å². The zero-order valence-electron chi connectivity index (χ0n) is 8.01. The highest BCUT2D eigenvalue weighted by molar-refractivity contribution is 5.11. The van der Waals surface area contributed by atoms with E-state index in [-0.39, 0.29) is 5.54 Å². The van der Waals surface area contributed by atoms with Crippen molar-refractivity contribution in [2.75, 3.05) is 13.1 Å². The van der Waals surface area contributed by atoms with Crippen LogP contribution in [0.1, 0.15) is 13.8 Å². The van der Waals surface area contributed by atoms with Crippen LogP contribution >= 0.6 is 0 Å². The quantitative estimate of drug-likeness (QED) is 0.623. The molecule has 1 saturated heterocycles. The molecule has 0 aromatic rings. The zero-order chi connectivity index (χ0) is 9.19. The minimum atomic E-state index is 0.0139. The molecule has 1 N–H and O–H groups in total. The number of nitrogens with zero attached hydrogens (tertiary/aromatic N) is 1. The number of hydrogen-bond acceptors (Lipinski definition) is 2. The van der Waals surface area contributed by atoms with Gasteiger partial charge in [0.25, 0.3) is 0 Å². The van der Waals surface area contributed by atoms with E-state index < -0.39 is 0 Å². The topological polar surface area (TPSA) is 15.3 Å². The van der Waals surface area contributed by atoms with Gasteiger partial charge in [-0.25, -0.2) is 0 Å². The third-order valence-corrected chi connectivity index (χ3v) is 2.93. The second kappa shape index (κ2) is 3.31. The van der Waals surface area contributed by atoms with E-state index in [1.165, 1.54) is 0 Å². The van der Waals surface area contributed by atoms with Gasteiger partial charge in [0.2, 0.25) is 0 Å². The lowest BCUT2D eigenvalue weighted by Gasteiger charge is -2.47. The SMILES string of the molecule is C=CN1CCNC(C)C1(C)C=C. The summed E-state index contributed by atoms with van der Waals surface area (Å²) in [6.07, 6.45) is 3.89. The highest BCUT2D eigenvalue weighted by Gasteiger charge is 2.35. The van der Waals surface area contributed by atoms with Crippen LogP contribution in [0.25, 0.3) is 0 Å². The smallest absolute Gasteiger partial charge is 0.0698 e. The van der Waals surface area contributed by atoms with E-state index in [9.17, 15) is 0 Å². The van der Waals surface area contributed by atoms with Gasteiger partial charge < -0.3 is 10.2 Å². The Labute approximate surface area is 74.9 Å². The van der Waals surface area contributed by atoms with Gasteiger partial charge in [-0.05, 0) is 20.0 Å². The summed E-state index contributed by atoms with van der Waals surface area (Å²) in [5, 5.41) is 3.43. The van der Waals surface area contributed by atoms with E-state index in [0.29, 0.717) is 6.04 Å². The Balaban J connectivity index is 2.86. The second-order valence-corrected chi connectivity index (χ2v) is 3.48. The lowest BCUT2D eigenvalue weighted by Crippen LogP contribution is -2.61. The van der Waals surface area contributed by atoms with E-state index in [0.717, 1.165) is 13.1 Å². The maximum absolute atomic E-state index is 3.88. The molecule has 12 heavy (non-hydrogen) atoms. The van der Waals surface area contributed by atoms with Crippen LogP contribution in [0.15, 0.2) is 25.4 Å². The monoisotopic (exact) mass is 166 g/mol. The molecule has 0 bridgehead atoms. The Morgan fingerprint density at radius 3 is 2.67 bits per heavy atom. The van der Waals surface area contributed by atoms with Gasteiger partial charge in [-0.15, -0.1) is 6.58 Å². The van der Waals surface area contributed by atoms with Crippen LogP contribution in [-0.4, -0.2) is 29.6 Å². The Bertz CT molecular complexity index is 188. The number of rotatable bonds is 2. The second-order valence-electron chi connectivity index (χ2n) is 3.48. The Morgan fingerprint density at radius 2 is 2.25 bits per heavy atom. The first-order valence-corrected chi connectivity index (χ1v) is 4.41. The maximum atomic E-state index is 3.88. The highest BCUT2D eigenvalue weighted by atomic mass is 15.3. The van der Waals surface area contributed by atoms with Crippen molar-refractivity contribution in [1.82, 2.24) is 10.2 Å². The van der Waals surface area contributed by atoms with Gasteiger partial charge in [0, 0.05) is 19.1 Å². The van der Waals surface area contributed by atoms with Crippen molar-refractivity contribution in [2.24, 2.45) is 0 Å². The van der Waals surface area contributed by atoms with Crippen molar-refractivity contribution in [3.05, 3.63) is 25.4 Å². The fourth-order valence-electron chi connectivity index (χ4n) is 1.68. The third-order valence-electron chi connectivity index (χ3n) is 2.93. The molecule has 0 aliphatic carbocycles. The summed E-state index contributed by atoms with van der Waals surface area (Å²) in [4.78, 5) is 2.24. The largest absolute Gasteiger partial charge is 0.366 e. The summed E-state index contributed by atoms with van der Waals surface area (Å²) in [5.41, 5.74) is 0.0139. The van der Waals surface area contributed by atoms with E-state index in [1.54, 1.807) is 0 Å². The Morgan fingerprint density at radius 1 is 1.58 bits per heavy atom. The molecular weight excluding hydrogens is 148 g/mol. The first kappa shape index (κ1) is 9.33.